The minimum absolute atomic E-state index is 0.00277. The van der Waals surface area contributed by atoms with E-state index in [9.17, 15) is 4.79 Å². The molecule has 0 saturated carbocycles. The van der Waals surface area contributed by atoms with Crippen molar-refractivity contribution in [1.82, 2.24) is 10.6 Å². The van der Waals surface area contributed by atoms with E-state index in [0.29, 0.717) is 13.2 Å². The first-order chi connectivity index (χ1) is 10.3. The maximum absolute atomic E-state index is 11.6. The molecule has 1 aromatic carbocycles. The third-order valence-corrected chi connectivity index (χ3v) is 2.85. The molecular formula is C17H28N2O3. The van der Waals surface area contributed by atoms with Crippen LogP contribution in [0.1, 0.15) is 38.8 Å². The number of benzene rings is 1. The summed E-state index contributed by atoms with van der Waals surface area (Å²) in [5, 5.41) is 6.14. The zero-order valence-corrected chi connectivity index (χ0v) is 14.2. The number of nitrogens with one attached hydrogen (secondary N) is 2. The highest BCUT2D eigenvalue weighted by molar-refractivity contribution is 5.68. The lowest BCUT2D eigenvalue weighted by atomic mass is 10.1. The Balaban J connectivity index is 2.31. The average Bonchev–Trinajstić information content (AvgIpc) is 2.37. The van der Waals surface area contributed by atoms with Gasteiger partial charge < -0.3 is 20.1 Å². The first-order valence-corrected chi connectivity index (χ1v) is 7.57. The molecule has 1 amide bonds. The van der Waals surface area contributed by atoms with Crippen molar-refractivity contribution < 1.29 is 14.3 Å². The number of carbonyl (C=O) groups is 1. The number of amides is 1. The zero-order valence-electron chi connectivity index (χ0n) is 14.2. The molecule has 0 fully saturated rings. The minimum Gasteiger partial charge on any atom is -0.444 e. The van der Waals surface area contributed by atoms with Gasteiger partial charge in [-0.15, -0.1) is 0 Å². The largest absolute Gasteiger partial charge is 0.444 e. The van der Waals surface area contributed by atoms with Gasteiger partial charge in [0.25, 0.3) is 0 Å². The molecule has 0 aliphatic heterocycles. The molecule has 0 aliphatic rings. The normalized spacial score (nSPS) is 12.8. The lowest BCUT2D eigenvalue weighted by molar-refractivity contribution is 0.0508. The molecule has 1 atom stereocenters. The van der Waals surface area contributed by atoms with Crippen LogP contribution in [-0.4, -0.2) is 31.4 Å². The summed E-state index contributed by atoms with van der Waals surface area (Å²) < 4.78 is 10.4. The van der Waals surface area contributed by atoms with Gasteiger partial charge in [0.2, 0.25) is 0 Å². The van der Waals surface area contributed by atoms with E-state index in [4.69, 9.17) is 9.47 Å². The maximum atomic E-state index is 11.6. The number of rotatable bonds is 7. The second-order valence-electron chi connectivity index (χ2n) is 6.43. The molecule has 2 N–H and O–H groups in total. The molecule has 1 rings (SSSR count). The van der Waals surface area contributed by atoms with E-state index in [2.05, 4.69) is 22.8 Å². The summed E-state index contributed by atoms with van der Waals surface area (Å²) in [6, 6.07) is 8.24. The monoisotopic (exact) mass is 308 g/mol. The summed E-state index contributed by atoms with van der Waals surface area (Å²) in [5.41, 5.74) is 1.87. The van der Waals surface area contributed by atoms with Gasteiger partial charge in [-0.1, -0.05) is 24.3 Å². The fraction of sp³-hybridized carbons (Fsp3) is 0.588. The predicted octanol–water partition coefficient (Wildman–Crippen LogP) is 2.84. The SMILES string of the molecule is COCc1cccc(CNCC(C)NC(=O)OC(C)(C)C)c1. The van der Waals surface area contributed by atoms with Crippen LogP contribution >= 0.6 is 0 Å². The van der Waals surface area contributed by atoms with Crippen LogP contribution in [0, 0.1) is 0 Å². The summed E-state index contributed by atoms with van der Waals surface area (Å²) in [7, 11) is 1.69. The number of hydrogen-bond donors (Lipinski definition) is 2. The molecule has 0 spiro atoms. The van der Waals surface area contributed by atoms with Gasteiger partial charge in [-0.3, -0.25) is 0 Å². The number of ether oxygens (including phenoxy) is 2. The highest BCUT2D eigenvalue weighted by Crippen LogP contribution is 2.07. The van der Waals surface area contributed by atoms with E-state index in [1.165, 1.54) is 5.56 Å². The fourth-order valence-electron chi connectivity index (χ4n) is 1.99. The predicted molar refractivity (Wildman–Crippen MR) is 87.7 cm³/mol. The van der Waals surface area contributed by atoms with Crippen molar-refractivity contribution in [2.75, 3.05) is 13.7 Å². The summed E-state index contributed by atoms with van der Waals surface area (Å²) in [4.78, 5) is 11.6. The van der Waals surface area contributed by atoms with Crippen LogP contribution in [-0.2, 0) is 22.6 Å². The smallest absolute Gasteiger partial charge is 0.407 e. The highest BCUT2D eigenvalue weighted by atomic mass is 16.6. The van der Waals surface area contributed by atoms with E-state index in [1.807, 2.05) is 39.8 Å². The van der Waals surface area contributed by atoms with Crippen molar-refractivity contribution in [2.45, 2.75) is 52.5 Å². The Morgan fingerprint density at radius 2 is 1.95 bits per heavy atom. The summed E-state index contributed by atoms with van der Waals surface area (Å²) in [6.07, 6.45) is -0.385. The number of hydrogen-bond acceptors (Lipinski definition) is 4. The molecular weight excluding hydrogens is 280 g/mol. The van der Waals surface area contributed by atoms with Crippen LogP contribution < -0.4 is 10.6 Å². The number of alkyl carbamates (subject to hydrolysis) is 1. The number of methoxy groups -OCH3 is 1. The lowest BCUT2D eigenvalue weighted by Gasteiger charge is -2.22. The summed E-state index contributed by atoms with van der Waals surface area (Å²) in [5.74, 6) is 0. The molecule has 5 heteroatoms. The average molecular weight is 308 g/mol. The lowest BCUT2D eigenvalue weighted by Crippen LogP contribution is -2.42. The van der Waals surface area contributed by atoms with Crippen LogP contribution in [0.4, 0.5) is 4.79 Å². The topological polar surface area (TPSA) is 59.6 Å². The second-order valence-corrected chi connectivity index (χ2v) is 6.43. The van der Waals surface area contributed by atoms with E-state index < -0.39 is 5.60 Å². The Bertz CT molecular complexity index is 469. The minimum atomic E-state index is -0.473. The van der Waals surface area contributed by atoms with Crippen molar-refractivity contribution in [2.24, 2.45) is 0 Å². The van der Waals surface area contributed by atoms with Crippen molar-refractivity contribution in [1.29, 1.82) is 0 Å². The van der Waals surface area contributed by atoms with E-state index >= 15 is 0 Å². The van der Waals surface area contributed by atoms with Crippen LogP contribution in [0.15, 0.2) is 24.3 Å². The van der Waals surface area contributed by atoms with Gasteiger partial charge in [-0.05, 0) is 38.8 Å². The molecule has 0 aliphatic carbocycles. The number of carbonyl (C=O) groups excluding carboxylic acids is 1. The third kappa shape index (κ3) is 8.00. The van der Waals surface area contributed by atoms with Crippen LogP contribution in [0.25, 0.3) is 0 Å². The van der Waals surface area contributed by atoms with Crippen LogP contribution in [0.2, 0.25) is 0 Å². The molecule has 5 nitrogen and oxygen atoms in total. The maximum Gasteiger partial charge on any atom is 0.407 e. The van der Waals surface area contributed by atoms with Crippen molar-refractivity contribution in [3.63, 3.8) is 0 Å². The van der Waals surface area contributed by atoms with Crippen LogP contribution in [0.3, 0.4) is 0 Å². The van der Waals surface area contributed by atoms with Gasteiger partial charge >= 0.3 is 6.09 Å². The Morgan fingerprint density at radius 1 is 1.27 bits per heavy atom. The first-order valence-electron chi connectivity index (χ1n) is 7.57. The zero-order chi connectivity index (χ0) is 16.6. The molecule has 124 valence electrons. The Kier molecular flexibility index (Phi) is 7.35. The van der Waals surface area contributed by atoms with Gasteiger partial charge in [0, 0.05) is 26.2 Å². The fourth-order valence-corrected chi connectivity index (χ4v) is 1.99. The van der Waals surface area contributed by atoms with Gasteiger partial charge in [0.1, 0.15) is 5.60 Å². The van der Waals surface area contributed by atoms with Crippen molar-refractivity contribution in [3.05, 3.63) is 35.4 Å². The Morgan fingerprint density at radius 3 is 2.59 bits per heavy atom. The third-order valence-electron chi connectivity index (χ3n) is 2.85. The van der Waals surface area contributed by atoms with Crippen LogP contribution in [0.5, 0.6) is 0 Å². The Hall–Kier alpha value is -1.59. The summed E-state index contributed by atoms with van der Waals surface area (Å²) in [6.45, 7) is 9.53. The van der Waals surface area contributed by atoms with E-state index in [-0.39, 0.29) is 12.1 Å². The highest BCUT2D eigenvalue weighted by Gasteiger charge is 2.17. The standard InChI is InChI=1S/C17H28N2O3/c1-13(19-16(20)22-17(2,3)4)10-18-11-14-7-6-8-15(9-14)12-21-5/h6-9,13,18H,10-12H2,1-5H3,(H,19,20). The quantitative estimate of drug-likeness (QED) is 0.813. The molecule has 1 unspecified atom stereocenters. The molecule has 0 bridgehead atoms. The van der Waals surface area contributed by atoms with E-state index in [0.717, 1.165) is 12.1 Å². The van der Waals surface area contributed by atoms with Gasteiger partial charge in [-0.25, -0.2) is 4.79 Å². The van der Waals surface area contributed by atoms with Gasteiger partial charge in [0.15, 0.2) is 0 Å². The summed E-state index contributed by atoms with van der Waals surface area (Å²) >= 11 is 0. The van der Waals surface area contributed by atoms with Crippen molar-refractivity contribution >= 4 is 6.09 Å². The molecule has 1 aromatic rings. The van der Waals surface area contributed by atoms with Gasteiger partial charge in [0.05, 0.1) is 6.61 Å². The van der Waals surface area contributed by atoms with E-state index in [1.54, 1.807) is 7.11 Å². The molecule has 0 aromatic heterocycles. The van der Waals surface area contributed by atoms with Gasteiger partial charge in [-0.2, -0.15) is 0 Å². The molecule has 0 saturated heterocycles. The molecule has 0 heterocycles. The second kappa shape index (κ2) is 8.76. The van der Waals surface area contributed by atoms with Crippen molar-refractivity contribution in [3.8, 4) is 0 Å². The Labute approximate surface area is 133 Å². The first kappa shape index (κ1) is 18.5. The molecule has 0 radical (unpaired) electrons. The molecule has 22 heavy (non-hydrogen) atoms.